The highest BCUT2D eigenvalue weighted by Crippen LogP contribution is 2.29. The van der Waals surface area contributed by atoms with Crippen LogP contribution < -0.4 is 5.73 Å². The third-order valence-electron chi connectivity index (χ3n) is 2.73. The molecule has 0 aromatic heterocycles. The molecule has 0 aromatic rings. The summed E-state index contributed by atoms with van der Waals surface area (Å²) in [7, 11) is 0. The Morgan fingerprint density at radius 2 is 2.14 bits per heavy atom. The zero-order valence-electron chi connectivity index (χ0n) is 9.55. The highest BCUT2D eigenvalue weighted by molar-refractivity contribution is 5.72. The zero-order chi connectivity index (χ0) is 10.8. The Balaban J connectivity index is 2.44. The Morgan fingerprint density at radius 1 is 1.50 bits per heavy atom. The van der Waals surface area contributed by atoms with E-state index in [1.807, 2.05) is 0 Å². The Labute approximate surface area is 86.6 Å². The molecule has 1 fully saturated rings. The van der Waals surface area contributed by atoms with Crippen LogP contribution in [0.2, 0.25) is 0 Å². The Hall–Kier alpha value is -0.730. The molecule has 3 nitrogen and oxygen atoms in total. The lowest BCUT2D eigenvalue weighted by molar-refractivity contribution is 0.151. The van der Waals surface area contributed by atoms with Gasteiger partial charge in [0.15, 0.2) is 0 Å². The number of amides is 2. The minimum atomic E-state index is -0.261. The number of rotatable bonds is 1. The van der Waals surface area contributed by atoms with E-state index >= 15 is 0 Å². The lowest BCUT2D eigenvalue weighted by Crippen LogP contribution is -2.43. The van der Waals surface area contributed by atoms with E-state index in [-0.39, 0.29) is 6.03 Å². The average molecular weight is 198 g/mol. The quantitative estimate of drug-likeness (QED) is 0.690. The number of primary amides is 1. The number of piperidine rings is 1. The fourth-order valence-corrected chi connectivity index (χ4v) is 2.30. The molecule has 82 valence electrons. The molecule has 0 spiro atoms. The van der Waals surface area contributed by atoms with Gasteiger partial charge in [0.2, 0.25) is 0 Å². The number of likely N-dealkylation sites (tertiary alicyclic amines) is 1. The van der Waals surface area contributed by atoms with Gasteiger partial charge in [0.05, 0.1) is 0 Å². The van der Waals surface area contributed by atoms with Gasteiger partial charge >= 0.3 is 6.03 Å². The molecule has 1 aliphatic rings. The van der Waals surface area contributed by atoms with E-state index in [4.69, 9.17) is 5.73 Å². The second kappa shape index (κ2) is 4.20. The van der Waals surface area contributed by atoms with Crippen LogP contribution in [0.4, 0.5) is 4.79 Å². The molecule has 0 saturated carbocycles. The van der Waals surface area contributed by atoms with E-state index in [0.717, 1.165) is 19.5 Å². The van der Waals surface area contributed by atoms with Crippen molar-refractivity contribution in [1.82, 2.24) is 4.90 Å². The Bertz CT molecular complexity index is 208. The van der Waals surface area contributed by atoms with Gasteiger partial charge in [-0.2, -0.15) is 0 Å². The molecule has 0 radical (unpaired) electrons. The van der Waals surface area contributed by atoms with Crippen molar-refractivity contribution >= 4 is 6.03 Å². The number of carbonyl (C=O) groups excluding carboxylic acids is 1. The fourth-order valence-electron chi connectivity index (χ4n) is 2.30. The van der Waals surface area contributed by atoms with E-state index in [2.05, 4.69) is 20.8 Å². The smallest absolute Gasteiger partial charge is 0.314 e. The van der Waals surface area contributed by atoms with Gasteiger partial charge in [-0.25, -0.2) is 4.79 Å². The van der Waals surface area contributed by atoms with Crippen LogP contribution in [0.15, 0.2) is 0 Å². The lowest BCUT2D eigenvalue weighted by atomic mass is 9.81. The second-order valence-electron chi connectivity index (χ2n) is 5.56. The molecule has 14 heavy (non-hydrogen) atoms. The maximum atomic E-state index is 11.0. The van der Waals surface area contributed by atoms with Gasteiger partial charge < -0.3 is 10.6 Å². The summed E-state index contributed by atoms with van der Waals surface area (Å²) in [5.41, 5.74) is 5.63. The molecule has 2 amide bonds. The maximum absolute atomic E-state index is 11.0. The molecule has 1 heterocycles. The molecule has 1 unspecified atom stereocenters. The number of urea groups is 1. The summed E-state index contributed by atoms with van der Waals surface area (Å²) >= 11 is 0. The number of nitrogens with two attached hydrogens (primary N) is 1. The minimum Gasteiger partial charge on any atom is -0.351 e. The van der Waals surface area contributed by atoms with Crippen molar-refractivity contribution in [1.29, 1.82) is 0 Å². The van der Waals surface area contributed by atoms with E-state index in [9.17, 15) is 4.79 Å². The maximum Gasteiger partial charge on any atom is 0.314 e. The fraction of sp³-hybridized carbons (Fsp3) is 0.909. The first kappa shape index (κ1) is 11.3. The average Bonchev–Trinajstić information content (AvgIpc) is 2.01. The Morgan fingerprint density at radius 3 is 2.64 bits per heavy atom. The van der Waals surface area contributed by atoms with Gasteiger partial charge in [0, 0.05) is 13.1 Å². The van der Waals surface area contributed by atoms with Crippen LogP contribution >= 0.6 is 0 Å². The Kier molecular flexibility index (Phi) is 3.40. The van der Waals surface area contributed by atoms with Crippen molar-refractivity contribution in [3.05, 3.63) is 0 Å². The van der Waals surface area contributed by atoms with Crippen molar-refractivity contribution in [2.45, 2.75) is 40.0 Å². The van der Waals surface area contributed by atoms with Crippen LogP contribution in [0, 0.1) is 11.3 Å². The molecule has 1 atom stereocenters. The molecule has 3 heteroatoms. The standard InChI is InChI=1S/C11H22N2O/c1-11(2,3)7-9-5-4-6-13(8-9)10(12)14/h9H,4-8H2,1-3H3,(H2,12,14). The van der Waals surface area contributed by atoms with Crippen LogP contribution in [-0.2, 0) is 0 Å². The van der Waals surface area contributed by atoms with Crippen LogP contribution in [0.1, 0.15) is 40.0 Å². The van der Waals surface area contributed by atoms with Gasteiger partial charge in [-0.15, -0.1) is 0 Å². The highest BCUT2D eigenvalue weighted by atomic mass is 16.2. The first-order valence-electron chi connectivity index (χ1n) is 5.43. The first-order valence-corrected chi connectivity index (χ1v) is 5.43. The van der Waals surface area contributed by atoms with Crippen LogP contribution in [0.3, 0.4) is 0 Å². The van der Waals surface area contributed by atoms with Crippen molar-refractivity contribution in [3.63, 3.8) is 0 Å². The van der Waals surface area contributed by atoms with Gasteiger partial charge in [-0.1, -0.05) is 20.8 Å². The molecule has 0 bridgehead atoms. The molecular formula is C11H22N2O. The summed E-state index contributed by atoms with van der Waals surface area (Å²) in [5.74, 6) is 0.635. The zero-order valence-corrected chi connectivity index (χ0v) is 9.55. The molecule has 1 aliphatic heterocycles. The summed E-state index contributed by atoms with van der Waals surface area (Å²) in [4.78, 5) is 12.8. The molecular weight excluding hydrogens is 176 g/mol. The van der Waals surface area contributed by atoms with Gasteiger partial charge in [-0.05, 0) is 30.6 Å². The predicted octanol–water partition coefficient (Wildman–Crippen LogP) is 2.21. The van der Waals surface area contributed by atoms with Gasteiger partial charge in [0.1, 0.15) is 0 Å². The highest BCUT2D eigenvalue weighted by Gasteiger charge is 2.25. The number of hydrogen-bond acceptors (Lipinski definition) is 1. The van der Waals surface area contributed by atoms with Crippen LogP contribution in [-0.4, -0.2) is 24.0 Å². The van der Waals surface area contributed by atoms with Crippen LogP contribution in [0.25, 0.3) is 0 Å². The predicted molar refractivity (Wildman–Crippen MR) is 58.0 cm³/mol. The molecule has 1 rings (SSSR count). The monoisotopic (exact) mass is 198 g/mol. The van der Waals surface area contributed by atoms with Crippen molar-refractivity contribution in [2.24, 2.45) is 17.1 Å². The number of nitrogens with zero attached hydrogens (tertiary/aromatic N) is 1. The van der Waals surface area contributed by atoms with Crippen molar-refractivity contribution in [2.75, 3.05) is 13.1 Å². The SMILES string of the molecule is CC(C)(C)CC1CCCN(C(N)=O)C1. The third kappa shape index (κ3) is 3.56. The molecule has 0 aromatic carbocycles. The molecule has 1 saturated heterocycles. The number of hydrogen-bond donors (Lipinski definition) is 1. The third-order valence-corrected chi connectivity index (χ3v) is 2.73. The number of carbonyl (C=O) groups is 1. The normalized spacial score (nSPS) is 23.6. The van der Waals surface area contributed by atoms with E-state index in [0.29, 0.717) is 11.3 Å². The van der Waals surface area contributed by atoms with Crippen LogP contribution in [0.5, 0.6) is 0 Å². The summed E-state index contributed by atoms with van der Waals surface area (Å²) < 4.78 is 0. The summed E-state index contributed by atoms with van der Waals surface area (Å²) in [6.45, 7) is 8.44. The molecule has 2 N–H and O–H groups in total. The first-order chi connectivity index (χ1) is 6.38. The summed E-state index contributed by atoms with van der Waals surface area (Å²) in [5, 5.41) is 0. The topological polar surface area (TPSA) is 46.3 Å². The largest absolute Gasteiger partial charge is 0.351 e. The van der Waals surface area contributed by atoms with E-state index in [1.165, 1.54) is 12.8 Å². The van der Waals surface area contributed by atoms with Crippen molar-refractivity contribution in [3.8, 4) is 0 Å². The van der Waals surface area contributed by atoms with E-state index in [1.54, 1.807) is 4.90 Å². The summed E-state index contributed by atoms with van der Waals surface area (Å²) in [6, 6.07) is -0.261. The minimum absolute atomic E-state index is 0.261. The van der Waals surface area contributed by atoms with Gasteiger partial charge in [0.25, 0.3) is 0 Å². The molecule has 0 aliphatic carbocycles. The summed E-state index contributed by atoms with van der Waals surface area (Å²) in [6.07, 6.45) is 3.52. The second-order valence-corrected chi connectivity index (χ2v) is 5.56. The van der Waals surface area contributed by atoms with Gasteiger partial charge in [-0.3, -0.25) is 0 Å². The van der Waals surface area contributed by atoms with Crippen molar-refractivity contribution < 1.29 is 4.79 Å². The lowest BCUT2D eigenvalue weighted by Gasteiger charge is -2.34. The van der Waals surface area contributed by atoms with E-state index < -0.39 is 0 Å².